The topological polar surface area (TPSA) is 0 Å². The molecule has 17 heavy (non-hydrogen) atoms. The van der Waals surface area contributed by atoms with Gasteiger partial charge in [0, 0.05) is 5.54 Å². The van der Waals surface area contributed by atoms with Crippen molar-refractivity contribution in [2.45, 2.75) is 12.1 Å². The van der Waals surface area contributed by atoms with Crippen molar-refractivity contribution < 1.29 is 0 Å². The Kier molecular flexibility index (Phi) is 2.48. The van der Waals surface area contributed by atoms with Gasteiger partial charge in [0.15, 0.2) is 0 Å². The molecule has 0 spiro atoms. The van der Waals surface area contributed by atoms with Gasteiger partial charge in [-0.15, -0.1) is 12.3 Å². The van der Waals surface area contributed by atoms with Gasteiger partial charge in [-0.05, 0) is 22.3 Å². The van der Waals surface area contributed by atoms with E-state index >= 15 is 0 Å². The zero-order chi connectivity index (χ0) is 11.8. The first-order chi connectivity index (χ1) is 8.33. The molecular weight excluding hydrogens is 220 g/mol. The van der Waals surface area contributed by atoms with Crippen LogP contribution in [-0.2, 0) is 0 Å². The van der Waals surface area contributed by atoms with Crippen molar-refractivity contribution in [3.8, 4) is 11.1 Å². The zero-order valence-corrected chi connectivity index (χ0v) is 11.0. The molecule has 0 fully saturated rings. The zero-order valence-electron chi connectivity index (χ0n) is 9.98. The van der Waals surface area contributed by atoms with Gasteiger partial charge < -0.3 is 0 Å². The van der Waals surface area contributed by atoms with Crippen molar-refractivity contribution in [1.82, 2.24) is 0 Å². The molecule has 0 aromatic heterocycles. The second-order valence-electron chi connectivity index (χ2n) is 4.56. The second kappa shape index (κ2) is 4.01. The van der Waals surface area contributed by atoms with E-state index in [1.165, 1.54) is 22.3 Å². The lowest BCUT2D eigenvalue weighted by atomic mass is 10.1. The van der Waals surface area contributed by atoms with Crippen LogP contribution in [0.25, 0.3) is 11.1 Å². The fraction of sp³-hybridized carbons (Fsp3) is 0.125. The van der Waals surface area contributed by atoms with E-state index in [-0.39, 0.29) is 0 Å². The summed E-state index contributed by atoms with van der Waals surface area (Å²) in [6.45, 7) is 6.34. The summed E-state index contributed by atoms with van der Waals surface area (Å²) < 4.78 is 0. The minimum Gasteiger partial charge on any atom is -0.107 e. The molecule has 1 radical (unpaired) electrons. The van der Waals surface area contributed by atoms with Gasteiger partial charge in [0.1, 0.15) is 0 Å². The molecule has 2 aromatic carbocycles. The molecule has 0 bridgehead atoms. The number of hydrogen-bond donors (Lipinski definition) is 0. The molecule has 0 saturated carbocycles. The van der Waals surface area contributed by atoms with Gasteiger partial charge in [-0.25, -0.2) is 0 Å². The molecule has 1 aliphatic rings. The molecule has 0 aliphatic heterocycles. The van der Waals surface area contributed by atoms with E-state index < -0.39 is 8.80 Å². The van der Waals surface area contributed by atoms with E-state index in [0.29, 0.717) is 5.54 Å². The minimum atomic E-state index is -0.566. The van der Waals surface area contributed by atoms with Crippen molar-refractivity contribution in [3.05, 3.63) is 71.9 Å². The molecule has 83 valence electrons. The molecule has 0 N–H and O–H groups in total. The summed E-state index contributed by atoms with van der Waals surface area (Å²) in [5, 5.41) is 0. The van der Waals surface area contributed by atoms with Crippen molar-refractivity contribution in [3.63, 3.8) is 0 Å². The maximum atomic E-state index is 4.00. The lowest BCUT2D eigenvalue weighted by Gasteiger charge is -2.16. The van der Waals surface area contributed by atoms with E-state index in [2.05, 4.69) is 67.4 Å². The molecule has 0 atom stereocenters. The summed E-state index contributed by atoms with van der Waals surface area (Å²) in [4.78, 5) is 0. The third kappa shape index (κ3) is 1.50. The predicted molar refractivity (Wildman–Crippen MR) is 75.5 cm³/mol. The summed E-state index contributed by atoms with van der Waals surface area (Å²) in [5.74, 6) is 0. The smallest absolute Gasteiger partial charge is 0.0848 e. The Morgan fingerprint density at radius 2 is 1.41 bits per heavy atom. The van der Waals surface area contributed by atoms with Crippen LogP contribution >= 0.6 is 0 Å². The lowest BCUT2D eigenvalue weighted by molar-refractivity contribution is 1.16. The fourth-order valence-corrected chi connectivity index (χ4v) is 4.48. The SMILES string of the molecule is C=C[Si](C)C1c2ccccc2-c2ccccc21. The van der Waals surface area contributed by atoms with Gasteiger partial charge in [0.25, 0.3) is 0 Å². The molecular formula is C16H15Si. The average molecular weight is 235 g/mol. The van der Waals surface area contributed by atoms with Crippen LogP contribution in [0.5, 0.6) is 0 Å². The van der Waals surface area contributed by atoms with E-state index in [1.54, 1.807) is 0 Å². The number of hydrogen-bond acceptors (Lipinski definition) is 0. The molecule has 3 rings (SSSR count). The molecule has 0 nitrogen and oxygen atoms in total. The standard InChI is InChI=1S/C16H15Si/c1-3-17(2)16-14-10-6-4-8-12(14)13-9-5-7-11-15(13)16/h3-11,16H,1H2,2H3. The summed E-state index contributed by atoms with van der Waals surface area (Å²) in [6.07, 6.45) is 0. The summed E-state index contributed by atoms with van der Waals surface area (Å²) in [7, 11) is -0.566. The van der Waals surface area contributed by atoms with Crippen LogP contribution in [0.15, 0.2) is 60.8 Å². The van der Waals surface area contributed by atoms with Gasteiger partial charge in [-0.2, -0.15) is 0 Å². The van der Waals surface area contributed by atoms with Crippen LogP contribution in [0.2, 0.25) is 6.55 Å². The van der Waals surface area contributed by atoms with Crippen LogP contribution in [0.1, 0.15) is 16.7 Å². The second-order valence-corrected chi connectivity index (χ2v) is 7.03. The van der Waals surface area contributed by atoms with Crippen molar-refractivity contribution in [2.24, 2.45) is 0 Å². The monoisotopic (exact) mass is 235 g/mol. The molecule has 0 unspecified atom stereocenters. The Morgan fingerprint density at radius 3 is 1.88 bits per heavy atom. The third-order valence-corrected chi connectivity index (χ3v) is 5.79. The Bertz CT molecular complexity index is 526. The summed E-state index contributed by atoms with van der Waals surface area (Å²) >= 11 is 0. The molecule has 0 amide bonds. The molecule has 2 aromatic rings. The first-order valence-electron chi connectivity index (χ1n) is 5.97. The molecule has 0 heterocycles. The van der Waals surface area contributed by atoms with Crippen LogP contribution in [-0.4, -0.2) is 8.80 Å². The summed E-state index contributed by atoms with van der Waals surface area (Å²) in [5.41, 5.74) is 8.55. The number of fused-ring (bicyclic) bond motifs is 3. The first-order valence-corrected chi connectivity index (χ1v) is 8.12. The van der Waals surface area contributed by atoms with Gasteiger partial charge >= 0.3 is 0 Å². The fourth-order valence-electron chi connectivity index (χ4n) is 2.76. The van der Waals surface area contributed by atoms with E-state index in [1.807, 2.05) is 0 Å². The Morgan fingerprint density at radius 1 is 0.941 bits per heavy atom. The highest BCUT2D eigenvalue weighted by atomic mass is 28.3. The van der Waals surface area contributed by atoms with Gasteiger partial charge in [-0.3, -0.25) is 0 Å². The Balaban J connectivity index is 2.27. The van der Waals surface area contributed by atoms with Gasteiger partial charge in [-0.1, -0.05) is 55.1 Å². The van der Waals surface area contributed by atoms with E-state index in [4.69, 9.17) is 0 Å². The normalized spacial score (nSPS) is 13.5. The van der Waals surface area contributed by atoms with Crippen molar-refractivity contribution in [1.29, 1.82) is 0 Å². The van der Waals surface area contributed by atoms with Gasteiger partial charge in [0.05, 0.1) is 8.80 Å². The van der Waals surface area contributed by atoms with E-state index in [9.17, 15) is 0 Å². The quantitative estimate of drug-likeness (QED) is 0.685. The van der Waals surface area contributed by atoms with Crippen LogP contribution in [0.4, 0.5) is 0 Å². The van der Waals surface area contributed by atoms with Crippen molar-refractivity contribution in [2.75, 3.05) is 0 Å². The highest BCUT2D eigenvalue weighted by molar-refractivity contribution is 6.65. The predicted octanol–water partition coefficient (Wildman–Crippen LogP) is 4.19. The lowest BCUT2D eigenvalue weighted by Crippen LogP contribution is -2.16. The molecule has 1 aliphatic carbocycles. The van der Waals surface area contributed by atoms with Crippen LogP contribution in [0, 0.1) is 0 Å². The number of benzene rings is 2. The molecule has 1 heteroatoms. The van der Waals surface area contributed by atoms with Crippen LogP contribution < -0.4 is 0 Å². The third-order valence-electron chi connectivity index (χ3n) is 3.61. The van der Waals surface area contributed by atoms with E-state index in [0.717, 1.165) is 0 Å². The molecule has 0 saturated heterocycles. The highest BCUT2D eigenvalue weighted by Crippen LogP contribution is 2.45. The maximum absolute atomic E-state index is 4.00. The first kappa shape index (κ1) is 10.5. The Hall–Kier alpha value is -1.60. The Labute approximate surface area is 104 Å². The van der Waals surface area contributed by atoms with Gasteiger partial charge in [0.2, 0.25) is 0 Å². The summed E-state index contributed by atoms with van der Waals surface area (Å²) in [6, 6.07) is 17.6. The average Bonchev–Trinajstić information content (AvgIpc) is 2.72. The van der Waals surface area contributed by atoms with Crippen molar-refractivity contribution >= 4 is 8.80 Å². The maximum Gasteiger partial charge on any atom is 0.0848 e. The minimum absolute atomic E-state index is 0.566. The largest absolute Gasteiger partial charge is 0.107 e. The number of rotatable bonds is 2. The highest BCUT2D eigenvalue weighted by Gasteiger charge is 2.31. The van der Waals surface area contributed by atoms with Crippen LogP contribution in [0.3, 0.4) is 0 Å².